The van der Waals surface area contributed by atoms with Crippen LogP contribution in [0.5, 0.6) is 0 Å². The lowest BCUT2D eigenvalue weighted by molar-refractivity contribution is 0.0591. The fourth-order valence-corrected chi connectivity index (χ4v) is 2.94. The van der Waals surface area contributed by atoms with Crippen LogP contribution in [0, 0.1) is 0 Å². The van der Waals surface area contributed by atoms with E-state index in [1.165, 1.54) is 37.3 Å². The molecule has 21 heavy (non-hydrogen) atoms. The van der Waals surface area contributed by atoms with E-state index >= 15 is 0 Å². The molecule has 1 heterocycles. The molecule has 0 spiro atoms. The van der Waals surface area contributed by atoms with Crippen LogP contribution in [-0.4, -0.2) is 48.1 Å². The Hall–Kier alpha value is -0.900. The molecule has 1 aliphatic heterocycles. The van der Waals surface area contributed by atoms with Crippen molar-refractivity contribution < 1.29 is 0 Å². The number of hydrogen-bond acceptors (Lipinski definition) is 3. The second kappa shape index (κ2) is 7.39. The predicted octanol–water partition coefficient (Wildman–Crippen LogP) is 2.71. The molecule has 1 fully saturated rings. The molecule has 0 bridgehead atoms. The molecular weight excluding hydrogens is 258 g/mol. The molecule has 0 aliphatic carbocycles. The molecule has 0 amide bonds. The topological polar surface area (TPSA) is 18.5 Å². The van der Waals surface area contributed by atoms with Crippen molar-refractivity contribution in [2.45, 2.75) is 46.3 Å². The molecule has 118 valence electrons. The summed E-state index contributed by atoms with van der Waals surface area (Å²) in [5.74, 6) is 0. The van der Waals surface area contributed by atoms with Gasteiger partial charge >= 0.3 is 0 Å². The van der Waals surface area contributed by atoms with Crippen LogP contribution in [0.15, 0.2) is 24.3 Å². The smallest absolute Gasteiger partial charge is 0.0234 e. The first kappa shape index (κ1) is 16.5. The van der Waals surface area contributed by atoms with Gasteiger partial charge in [-0.2, -0.15) is 0 Å². The van der Waals surface area contributed by atoms with E-state index in [-0.39, 0.29) is 0 Å². The van der Waals surface area contributed by atoms with Crippen molar-refractivity contribution in [3.05, 3.63) is 35.4 Å². The van der Waals surface area contributed by atoms with Crippen LogP contribution >= 0.6 is 0 Å². The zero-order valence-electron chi connectivity index (χ0n) is 14.2. The standard InChI is InChI=1S/C18H31N3/c1-5-19-14-16-7-6-8-17(13-16)15-20-9-11-21(12-10-20)18(2,3)4/h6-8,13,19H,5,9-12,14-15H2,1-4H3. The van der Waals surface area contributed by atoms with Crippen LogP contribution in [-0.2, 0) is 13.1 Å². The second-order valence-electron chi connectivity index (χ2n) is 7.03. The van der Waals surface area contributed by atoms with Crippen LogP contribution in [0.1, 0.15) is 38.8 Å². The van der Waals surface area contributed by atoms with E-state index in [4.69, 9.17) is 0 Å². The average Bonchev–Trinajstić information content (AvgIpc) is 2.45. The lowest BCUT2D eigenvalue weighted by atomic mass is 10.0. The fraction of sp³-hybridized carbons (Fsp3) is 0.667. The number of nitrogens with one attached hydrogen (secondary N) is 1. The van der Waals surface area contributed by atoms with Gasteiger partial charge in [0.1, 0.15) is 0 Å². The average molecular weight is 289 g/mol. The molecule has 1 aromatic carbocycles. The molecule has 0 atom stereocenters. The van der Waals surface area contributed by atoms with E-state index in [9.17, 15) is 0 Å². The van der Waals surface area contributed by atoms with Gasteiger partial charge in [0.05, 0.1) is 0 Å². The highest BCUT2D eigenvalue weighted by atomic mass is 15.3. The Labute approximate surface area is 130 Å². The summed E-state index contributed by atoms with van der Waals surface area (Å²) < 4.78 is 0. The normalized spacial score (nSPS) is 18.1. The molecule has 3 nitrogen and oxygen atoms in total. The van der Waals surface area contributed by atoms with Gasteiger partial charge in [-0.1, -0.05) is 31.2 Å². The van der Waals surface area contributed by atoms with E-state index in [0.717, 1.165) is 19.6 Å². The van der Waals surface area contributed by atoms with Gasteiger partial charge in [-0.05, 0) is 38.4 Å². The number of hydrogen-bond donors (Lipinski definition) is 1. The van der Waals surface area contributed by atoms with E-state index < -0.39 is 0 Å². The number of piperazine rings is 1. The molecule has 0 radical (unpaired) electrons. The summed E-state index contributed by atoms with van der Waals surface area (Å²) in [7, 11) is 0. The third-order valence-electron chi connectivity index (χ3n) is 4.30. The van der Waals surface area contributed by atoms with Crippen molar-refractivity contribution in [3.63, 3.8) is 0 Å². The second-order valence-corrected chi connectivity index (χ2v) is 7.03. The summed E-state index contributed by atoms with van der Waals surface area (Å²) in [6, 6.07) is 9.00. The van der Waals surface area contributed by atoms with E-state index in [1.807, 2.05) is 0 Å². The Morgan fingerprint density at radius 3 is 2.33 bits per heavy atom. The van der Waals surface area contributed by atoms with Crippen LogP contribution in [0.25, 0.3) is 0 Å². The Morgan fingerprint density at radius 2 is 1.71 bits per heavy atom. The predicted molar refractivity (Wildman–Crippen MR) is 90.4 cm³/mol. The van der Waals surface area contributed by atoms with Crippen LogP contribution < -0.4 is 5.32 Å². The van der Waals surface area contributed by atoms with Crippen molar-refractivity contribution in [2.24, 2.45) is 0 Å². The highest BCUT2D eigenvalue weighted by Gasteiger charge is 2.25. The Kier molecular flexibility index (Phi) is 5.80. The lowest BCUT2D eigenvalue weighted by Gasteiger charge is -2.42. The Bertz CT molecular complexity index is 428. The van der Waals surface area contributed by atoms with Gasteiger partial charge in [-0.25, -0.2) is 0 Å². The van der Waals surface area contributed by atoms with Crippen molar-refractivity contribution in [1.29, 1.82) is 0 Å². The summed E-state index contributed by atoms with van der Waals surface area (Å²) in [6.07, 6.45) is 0. The summed E-state index contributed by atoms with van der Waals surface area (Å²) >= 11 is 0. The highest BCUT2D eigenvalue weighted by molar-refractivity contribution is 5.23. The van der Waals surface area contributed by atoms with Gasteiger partial charge in [-0.3, -0.25) is 9.80 Å². The monoisotopic (exact) mass is 289 g/mol. The van der Waals surface area contributed by atoms with Crippen molar-refractivity contribution in [3.8, 4) is 0 Å². The van der Waals surface area contributed by atoms with Crippen LogP contribution in [0.4, 0.5) is 0 Å². The van der Waals surface area contributed by atoms with E-state index in [0.29, 0.717) is 5.54 Å². The van der Waals surface area contributed by atoms with Gasteiger partial charge in [0.25, 0.3) is 0 Å². The van der Waals surface area contributed by atoms with Gasteiger partial charge in [-0.15, -0.1) is 0 Å². The summed E-state index contributed by atoms with van der Waals surface area (Å²) in [4.78, 5) is 5.17. The molecule has 0 unspecified atom stereocenters. The minimum atomic E-state index is 0.303. The summed E-state index contributed by atoms with van der Waals surface area (Å²) in [5.41, 5.74) is 3.13. The van der Waals surface area contributed by atoms with Gasteiger partial charge in [0, 0.05) is 44.8 Å². The number of nitrogens with zero attached hydrogens (tertiary/aromatic N) is 2. The number of rotatable bonds is 5. The van der Waals surface area contributed by atoms with E-state index in [2.05, 4.69) is 67.1 Å². The maximum Gasteiger partial charge on any atom is 0.0234 e. The summed E-state index contributed by atoms with van der Waals surface area (Å²) in [5, 5.41) is 3.40. The molecule has 2 rings (SSSR count). The van der Waals surface area contributed by atoms with Crippen LogP contribution in [0.3, 0.4) is 0 Å². The molecule has 1 saturated heterocycles. The Morgan fingerprint density at radius 1 is 1.05 bits per heavy atom. The quantitative estimate of drug-likeness (QED) is 0.899. The van der Waals surface area contributed by atoms with Gasteiger partial charge < -0.3 is 5.32 Å². The zero-order chi connectivity index (χ0) is 15.3. The molecule has 0 saturated carbocycles. The van der Waals surface area contributed by atoms with Crippen LogP contribution in [0.2, 0.25) is 0 Å². The van der Waals surface area contributed by atoms with Crippen molar-refractivity contribution in [1.82, 2.24) is 15.1 Å². The third kappa shape index (κ3) is 5.10. The third-order valence-corrected chi connectivity index (χ3v) is 4.30. The van der Waals surface area contributed by atoms with E-state index in [1.54, 1.807) is 0 Å². The molecule has 1 N–H and O–H groups in total. The minimum Gasteiger partial charge on any atom is -0.313 e. The largest absolute Gasteiger partial charge is 0.313 e. The highest BCUT2D eigenvalue weighted by Crippen LogP contribution is 2.17. The van der Waals surface area contributed by atoms with Gasteiger partial charge in [0.2, 0.25) is 0 Å². The first-order valence-electron chi connectivity index (χ1n) is 8.25. The SMILES string of the molecule is CCNCc1cccc(CN2CCN(C(C)(C)C)CC2)c1. The maximum atomic E-state index is 3.40. The fourth-order valence-electron chi connectivity index (χ4n) is 2.94. The first-order valence-corrected chi connectivity index (χ1v) is 8.25. The first-order chi connectivity index (χ1) is 9.99. The van der Waals surface area contributed by atoms with Gasteiger partial charge in [0.15, 0.2) is 0 Å². The Balaban J connectivity index is 1.86. The van der Waals surface area contributed by atoms with Crippen molar-refractivity contribution in [2.75, 3.05) is 32.7 Å². The van der Waals surface area contributed by atoms with Crippen molar-refractivity contribution >= 4 is 0 Å². The molecule has 0 aromatic heterocycles. The zero-order valence-corrected chi connectivity index (χ0v) is 14.2. The summed E-state index contributed by atoms with van der Waals surface area (Å²) in [6.45, 7) is 16.9. The molecule has 1 aliphatic rings. The number of benzene rings is 1. The lowest BCUT2D eigenvalue weighted by Crippen LogP contribution is -2.53. The molecular formula is C18H31N3. The minimum absolute atomic E-state index is 0.303. The molecule has 1 aromatic rings. The molecule has 3 heteroatoms. The maximum absolute atomic E-state index is 3.40.